The Morgan fingerprint density at radius 1 is 1.15 bits per heavy atom. The second-order valence-electron chi connectivity index (χ2n) is 5.93. The van der Waals surface area contributed by atoms with Gasteiger partial charge in [0.15, 0.2) is 0 Å². The van der Waals surface area contributed by atoms with Gasteiger partial charge in [-0.05, 0) is 37.1 Å². The van der Waals surface area contributed by atoms with Gasteiger partial charge in [-0.15, -0.1) is 0 Å². The highest BCUT2D eigenvalue weighted by Gasteiger charge is 2.23. The van der Waals surface area contributed by atoms with Crippen LogP contribution in [-0.2, 0) is 14.8 Å². The van der Waals surface area contributed by atoms with Crippen molar-refractivity contribution in [2.75, 3.05) is 23.3 Å². The van der Waals surface area contributed by atoms with Gasteiger partial charge in [-0.1, -0.05) is 23.7 Å². The maximum absolute atomic E-state index is 12.6. The van der Waals surface area contributed by atoms with E-state index in [1.54, 1.807) is 35.2 Å². The van der Waals surface area contributed by atoms with E-state index in [1.165, 1.54) is 19.2 Å². The topological polar surface area (TPSA) is 75.7 Å². The normalized spacial score (nSPS) is 15.0. The number of anilines is 2. The molecule has 1 heterocycles. The predicted octanol–water partition coefficient (Wildman–Crippen LogP) is 3.67. The summed E-state index contributed by atoms with van der Waals surface area (Å²) in [7, 11) is -2.35. The Morgan fingerprint density at radius 3 is 2.62 bits per heavy atom. The number of nitrogens with one attached hydrogen (secondary N) is 1. The van der Waals surface area contributed by atoms with E-state index >= 15 is 0 Å². The van der Waals surface area contributed by atoms with Crippen molar-refractivity contribution >= 4 is 38.9 Å². The lowest BCUT2D eigenvalue weighted by molar-refractivity contribution is -0.119. The van der Waals surface area contributed by atoms with Crippen LogP contribution in [0.5, 0.6) is 5.75 Å². The first kappa shape index (κ1) is 18.5. The lowest BCUT2D eigenvalue weighted by atomic mass is 10.1. The summed E-state index contributed by atoms with van der Waals surface area (Å²) in [5.41, 5.74) is 0.966. The van der Waals surface area contributed by atoms with Crippen LogP contribution in [-0.4, -0.2) is 28.0 Å². The zero-order valence-electron chi connectivity index (χ0n) is 14.2. The minimum Gasteiger partial charge on any atom is -0.494 e. The largest absolute Gasteiger partial charge is 0.494 e. The fourth-order valence-electron chi connectivity index (χ4n) is 2.90. The van der Waals surface area contributed by atoms with Crippen molar-refractivity contribution in [1.82, 2.24) is 0 Å². The van der Waals surface area contributed by atoms with Crippen LogP contribution in [0.15, 0.2) is 47.4 Å². The summed E-state index contributed by atoms with van der Waals surface area (Å²) < 4.78 is 33.0. The monoisotopic (exact) mass is 394 g/mol. The SMILES string of the molecule is COc1cc(NS(=O)(=O)c2ccccc2Cl)ccc1N1CCCCC1=O. The van der Waals surface area contributed by atoms with Crippen molar-refractivity contribution in [2.24, 2.45) is 0 Å². The molecule has 3 rings (SSSR count). The van der Waals surface area contributed by atoms with Gasteiger partial charge in [0.2, 0.25) is 5.91 Å². The van der Waals surface area contributed by atoms with Crippen LogP contribution in [0.3, 0.4) is 0 Å². The number of hydrogen-bond acceptors (Lipinski definition) is 4. The molecular weight excluding hydrogens is 376 g/mol. The third-order valence-electron chi connectivity index (χ3n) is 4.17. The van der Waals surface area contributed by atoms with Gasteiger partial charge >= 0.3 is 0 Å². The zero-order chi connectivity index (χ0) is 18.7. The van der Waals surface area contributed by atoms with Crippen molar-refractivity contribution < 1.29 is 17.9 Å². The number of halogens is 1. The first-order valence-electron chi connectivity index (χ1n) is 8.18. The standard InChI is InChI=1S/C18H19ClN2O4S/c1-25-16-12-13(9-10-15(16)21-11-5-4-8-18(21)22)20-26(23,24)17-7-3-2-6-14(17)19/h2-3,6-7,9-10,12,20H,4-5,8,11H2,1H3. The van der Waals surface area contributed by atoms with Crippen molar-refractivity contribution in [1.29, 1.82) is 0 Å². The van der Waals surface area contributed by atoms with E-state index in [0.717, 1.165) is 12.8 Å². The van der Waals surface area contributed by atoms with Crippen molar-refractivity contribution in [2.45, 2.75) is 24.2 Å². The van der Waals surface area contributed by atoms with Gasteiger partial charge in [0.05, 0.1) is 23.5 Å². The van der Waals surface area contributed by atoms with Gasteiger partial charge in [0.25, 0.3) is 10.0 Å². The molecule has 1 saturated heterocycles. The summed E-state index contributed by atoms with van der Waals surface area (Å²) in [6.07, 6.45) is 2.31. The number of carbonyl (C=O) groups excluding carboxylic acids is 1. The molecule has 0 atom stereocenters. The molecule has 2 aromatic rings. The molecule has 0 aromatic heterocycles. The van der Waals surface area contributed by atoms with Gasteiger partial charge in [0, 0.05) is 19.0 Å². The number of piperidine rings is 1. The lowest BCUT2D eigenvalue weighted by Gasteiger charge is -2.28. The average Bonchev–Trinajstić information content (AvgIpc) is 2.62. The Bertz CT molecular complexity index is 931. The first-order chi connectivity index (χ1) is 12.4. The molecule has 2 aromatic carbocycles. The molecule has 1 amide bonds. The van der Waals surface area contributed by atoms with Crippen LogP contribution < -0.4 is 14.4 Å². The molecule has 0 bridgehead atoms. The van der Waals surface area contributed by atoms with E-state index in [1.807, 2.05) is 0 Å². The predicted molar refractivity (Wildman–Crippen MR) is 101 cm³/mol. The Balaban J connectivity index is 1.90. The van der Waals surface area contributed by atoms with Crippen LogP contribution in [0.2, 0.25) is 5.02 Å². The molecule has 6 nitrogen and oxygen atoms in total. The molecule has 0 spiro atoms. The molecule has 138 valence electrons. The summed E-state index contributed by atoms with van der Waals surface area (Å²) in [5.74, 6) is 0.471. The number of carbonyl (C=O) groups is 1. The summed E-state index contributed by atoms with van der Waals surface area (Å²) >= 11 is 5.99. The van der Waals surface area contributed by atoms with E-state index in [9.17, 15) is 13.2 Å². The van der Waals surface area contributed by atoms with Crippen LogP contribution in [0.1, 0.15) is 19.3 Å². The van der Waals surface area contributed by atoms with E-state index < -0.39 is 10.0 Å². The molecule has 1 fully saturated rings. The molecule has 0 aliphatic carbocycles. The molecule has 1 aliphatic rings. The maximum atomic E-state index is 12.6. The van der Waals surface area contributed by atoms with Crippen LogP contribution >= 0.6 is 11.6 Å². The van der Waals surface area contributed by atoms with Gasteiger partial charge in [-0.25, -0.2) is 8.42 Å². The van der Waals surface area contributed by atoms with Gasteiger partial charge in [-0.3, -0.25) is 9.52 Å². The van der Waals surface area contributed by atoms with Gasteiger partial charge in [-0.2, -0.15) is 0 Å². The maximum Gasteiger partial charge on any atom is 0.263 e. The molecule has 0 radical (unpaired) electrons. The number of methoxy groups -OCH3 is 1. The Labute approximate surface area is 157 Å². The summed E-state index contributed by atoms with van der Waals surface area (Å²) in [5, 5.41) is 0.141. The zero-order valence-corrected chi connectivity index (χ0v) is 15.8. The molecule has 0 saturated carbocycles. The summed E-state index contributed by atoms with van der Waals surface area (Å²) in [6.45, 7) is 0.625. The van der Waals surface area contributed by atoms with E-state index in [0.29, 0.717) is 30.1 Å². The number of nitrogens with zero attached hydrogens (tertiary/aromatic N) is 1. The first-order valence-corrected chi connectivity index (χ1v) is 10.0. The molecule has 8 heteroatoms. The number of amides is 1. The van der Waals surface area contributed by atoms with E-state index in [2.05, 4.69) is 4.72 Å². The number of sulfonamides is 1. The molecule has 1 N–H and O–H groups in total. The number of hydrogen-bond donors (Lipinski definition) is 1. The van der Waals surface area contributed by atoms with E-state index in [4.69, 9.17) is 16.3 Å². The van der Waals surface area contributed by atoms with Gasteiger partial charge < -0.3 is 9.64 Å². The fourth-order valence-corrected chi connectivity index (χ4v) is 4.47. The molecule has 1 aliphatic heterocycles. The van der Waals surface area contributed by atoms with Gasteiger partial charge in [0.1, 0.15) is 10.6 Å². The minimum atomic E-state index is -3.84. The van der Waals surface area contributed by atoms with Crippen molar-refractivity contribution in [3.63, 3.8) is 0 Å². The average molecular weight is 395 g/mol. The van der Waals surface area contributed by atoms with Crippen LogP contribution in [0.25, 0.3) is 0 Å². The highest BCUT2D eigenvalue weighted by atomic mass is 35.5. The Hall–Kier alpha value is -2.25. The van der Waals surface area contributed by atoms with Crippen molar-refractivity contribution in [3.05, 3.63) is 47.5 Å². The Morgan fingerprint density at radius 2 is 1.92 bits per heavy atom. The number of benzene rings is 2. The summed E-state index contributed by atoms with van der Waals surface area (Å²) in [4.78, 5) is 13.8. The molecular formula is C18H19ClN2O4S. The second-order valence-corrected chi connectivity index (χ2v) is 7.98. The quantitative estimate of drug-likeness (QED) is 0.839. The second kappa shape index (κ2) is 7.55. The molecule has 26 heavy (non-hydrogen) atoms. The Kier molecular flexibility index (Phi) is 5.38. The molecule has 0 unspecified atom stereocenters. The third-order valence-corrected chi connectivity index (χ3v) is 6.05. The lowest BCUT2D eigenvalue weighted by Crippen LogP contribution is -2.35. The number of ether oxygens (including phenoxy) is 1. The smallest absolute Gasteiger partial charge is 0.263 e. The number of rotatable bonds is 5. The summed E-state index contributed by atoms with van der Waals surface area (Å²) in [6, 6.07) is 11.1. The van der Waals surface area contributed by atoms with E-state index in [-0.39, 0.29) is 15.8 Å². The highest BCUT2D eigenvalue weighted by molar-refractivity contribution is 7.92. The fraction of sp³-hybridized carbons (Fsp3) is 0.278. The highest BCUT2D eigenvalue weighted by Crippen LogP contribution is 2.34. The third kappa shape index (κ3) is 3.78. The van der Waals surface area contributed by atoms with Crippen LogP contribution in [0.4, 0.5) is 11.4 Å². The van der Waals surface area contributed by atoms with Crippen LogP contribution in [0, 0.1) is 0 Å². The van der Waals surface area contributed by atoms with Crippen molar-refractivity contribution in [3.8, 4) is 5.75 Å². The minimum absolute atomic E-state index is 0.00378.